The van der Waals surface area contributed by atoms with Crippen LogP contribution in [0.1, 0.15) is 32.8 Å². The lowest BCUT2D eigenvalue weighted by atomic mass is 10.0. The van der Waals surface area contributed by atoms with Gasteiger partial charge in [-0.25, -0.2) is 4.79 Å². The fraction of sp³-hybridized carbons (Fsp3) is 0.500. The van der Waals surface area contributed by atoms with E-state index in [0.717, 1.165) is 22.2 Å². The molecule has 1 aromatic rings. The Hall–Kier alpha value is -1.03. The van der Waals surface area contributed by atoms with E-state index in [-0.39, 0.29) is 5.97 Å². The molecule has 3 nitrogen and oxygen atoms in total. The number of fused-ring (bicyclic) bond motifs is 1. The van der Waals surface area contributed by atoms with E-state index in [1.165, 1.54) is 0 Å². The summed E-state index contributed by atoms with van der Waals surface area (Å²) >= 11 is 3.43. The highest BCUT2D eigenvalue weighted by molar-refractivity contribution is 9.10. The van der Waals surface area contributed by atoms with E-state index < -0.39 is 11.7 Å². The second-order valence-corrected chi connectivity index (χ2v) is 6.35. The van der Waals surface area contributed by atoms with E-state index in [1.807, 2.05) is 39.0 Å². The maximum absolute atomic E-state index is 11.9. The third kappa shape index (κ3) is 3.25. The molecule has 0 fully saturated rings. The van der Waals surface area contributed by atoms with E-state index in [1.54, 1.807) is 0 Å². The average molecular weight is 313 g/mol. The first-order valence-corrected chi connectivity index (χ1v) is 6.82. The molecule has 0 spiro atoms. The summed E-state index contributed by atoms with van der Waals surface area (Å²) in [6, 6.07) is 5.83. The van der Waals surface area contributed by atoms with E-state index in [2.05, 4.69) is 15.9 Å². The Bertz CT molecular complexity index is 463. The quantitative estimate of drug-likeness (QED) is 0.745. The van der Waals surface area contributed by atoms with Crippen LogP contribution in [0.15, 0.2) is 22.7 Å². The van der Waals surface area contributed by atoms with Crippen LogP contribution in [0.5, 0.6) is 5.75 Å². The van der Waals surface area contributed by atoms with Gasteiger partial charge in [-0.05, 0) is 57.4 Å². The SMILES string of the molecule is CC(C)(C)OC(=O)[C@H]1CCc2cc(Br)ccc2O1. The topological polar surface area (TPSA) is 35.5 Å². The zero-order valence-electron chi connectivity index (χ0n) is 10.8. The van der Waals surface area contributed by atoms with Gasteiger partial charge in [0.25, 0.3) is 0 Å². The Morgan fingerprint density at radius 3 is 2.83 bits per heavy atom. The van der Waals surface area contributed by atoms with Gasteiger partial charge in [0.05, 0.1) is 0 Å². The molecule has 1 atom stereocenters. The van der Waals surface area contributed by atoms with Gasteiger partial charge < -0.3 is 9.47 Å². The predicted octanol–water partition coefficient (Wildman–Crippen LogP) is 3.48. The van der Waals surface area contributed by atoms with Gasteiger partial charge in [-0.15, -0.1) is 0 Å². The summed E-state index contributed by atoms with van der Waals surface area (Å²) in [5.74, 6) is 0.497. The van der Waals surface area contributed by atoms with E-state index in [4.69, 9.17) is 9.47 Å². The number of hydrogen-bond donors (Lipinski definition) is 0. The van der Waals surface area contributed by atoms with Crippen molar-refractivity contribution in [2.45, 2.75) is 45.3 Å². The molecule has 1 heterocycles. The minimum absolute atomic E-state index is 0.281. The largest absolute Gasteiger partial charge is 0.478 e. The summed E-state index contributed by atoms with van der Waals surface area (Å²) in [4.78, 5) is 11.9. The molecule has 1 aromatic carbocycles. The molecule has 0 unspecified atom stereocenters. The second-order valence-electron chi connectivity index (χ2n) is 5.43. The molecule has 0 bridgehead atoms. The molecule has 0 saturated carbocycles. The fourth-order valence-corrected chi connectivity index (χ4v) is 2.30. The van der Waals surface area contributed by atoms with Crippen molar-refractivity contribution in [3.8, 4) is 5.75 Å². The zero-order valence-corrected chi connectivity index (χ0v) is 12.4. The lowest BCUT2D eigenvalue weighted by Crippen LogP contribution is -2.37. The van der Waals surface area contributed by atoms with Gasteiger partial charge in [0.1, 0.15) is 11.4 Å². The Kier molecular flexibility index (Phi) is 3.66. The minimum atomic E-state index is -0.488. The number of benzene rings is 1. The standard InChI is InChI=1S/C14H17BrO3/c1-14(2,3)18-13(16)12-6-4-9-8-10(15)5-7-11(9)17-12/h5,7-8,12H,4,6H2,1-3H3/t12-/m1/s1. The summed E-state index contributed by atoms with van der Waals surface area (Å²) in [7, 11) is 0. The van der Waals surface area contributed by atoms with Crippen molar-refractivity contribution in [1.82, 2.24) is 0 Å². The molecule has 98 valence electrons. The molecular weight excluding hydrogens is 296 g/mol. The normalized spacial score (nSPS) is 18.8. The van der Waals surface area contributed by atoms with Gasteiger partial charge >= 0.3 is 5.97 Å². The molecule has 1 aliphatic heterocycles. The molecular formula is C14H17BrO3. The first-order chi connectivity index (χ1) is 8.35. The first-order valence-electron chi connectivity index (χ1n) is 6.03. The van der Waals surface area contributed by atoms with Crippen molar-refractivity contribution in [1.29, 1.82) is 0 Å². The third-order valence-corrected chi connectivity index (χ3v) is 3.13. The number of hydrogen-bond acceptors (Lipinski definition) is 3. The highest BCUT2D eigenvalue weighted by atomic mass is 79.9. The van der Waals surface area contributed by atoms with Crippen LogP contribution in [0.25, 0.3) is 0 Å². The summed E-state index contributed by atoms with van der Waals surface area (Å²) in [5.41, 5.74) is 0.657. The number of aryl methyl sites for hydroxylation is 1. The lowest BCUT2D eigenvalue weighted by Gasteiger charge is -2.28. The van der Waals surface area contributed by atoms with Crippen LogP contribution in [-0.4, -0.2) is 17.7 Å². The minimum Gasteiger partial charge on any atom is -0.478 e. The maximum Gasteiger partial charge on any atom is 0.347 e. The van der Waals surface area contributed by atoms with Crippen LogP contribution >= 0.6 is 15.9 Å². The fourth-order valence-electron chi connectivity index (χ4n) is 1.89. The van der Waals surface area contributed by atoms with Gasteiger partial charge in [0.2, 0.25) is 0 Å². The van der Waals surface area contributed by atoms with E-state index >= 15 is 0 Å². The molecule has 1 aliphatic rings. The molecule has 0 aliphatic carbocycles. The van der Waals surface area contributed by atoms with Crippen LogP contribution < -0.4 is 4.74 Å². The Labute approximate surface area is 116 Å². The monoisotopic (exact) mass is 312 g/mol. The molecule has 0 radical (unpaired) electrons. The predicted molar refractivity (Wildman–Crippen MR) is 72.7 cm³/mol. The van der Waals surface area contributed by atoms with E-state index in [0.29, 0.717) is 6.42 Å². The van der Waals surface area contributed by atoms with Crippen LogP contribution in [0, 0.1) is 0 Å². The number of rotatable bonds is 1. The summed E-state index contributed by atoms with van der Waals surface area (Å²) in [6.07, 6.45) is 1.01. The number of ether oxygens (including phenoxy) is 2. The van der Waals surface area contributed by atoms with Crippen molar-refractivity contribution in [3.63, 3.8) is 0 Å². The molecule has 0 aromatic heterocycles. The van der Waals surface area contributed by atoms with Crippen LogP contribution in [0.4, 0.5) is 0 Å². The molecule has 18 heavy (non-hydrogen) atoms. The summed E-state index contributed by atoms with van der Waals surface area (Å²) in [5, 5.41) is 0. The van der Waals surface area contributed by atoms with E-state index in [9.17, 15) is 4.79 Å². The van der Waals surface area contributed by atoms with Gasteiger partial charge in [-0.2, -0.15) is 0 Å². The third-order valence-electron chi connectivity index (χ3n) is 2.64. The molecule has 0 amide bonds. The summed E-state index contributed by atoms with van der Waals surface area (Å²) in [6.45, 7) is 5.58. The van der Waals surface area contributed by atoms with Crippen molar-refractivity contribution < 1.29 is 14.3 Å². The smallest absolute Gasteiger partial charge is 0.347 e. The van der Waals surface area contributed by atoms with Gasteiger partial charge in [0, 0.05) is 4.47 Å². The van der Waals surface area contributed by atoms with Crippen LogP contribution in [-0.2, 0) is 16.0 Å². The number of halogens is 1. The number of esters is 1. The molecule has 0 saturated heterocycles. The highest BCUT2D eigenvalue weighted by Crippen LogP contribution is 2.30. The average Bonchev–Trinajstić information content (AvgIpc) is 2.26. The van der Waals surface area contributed by atoms with Crippen molar-refractivity contribution >= 4 is 21.9 Å². The number of carbonyl (C=O) groups excluding carboxylic acids is 1. The first kappa shape index (κ1) is 13.4. The summed E-state index contributed by atoms with van der Waals surface area (Å²) < 4.78 is 12.1. The second kappa shape index (κ2) is 4.92. The van der Waals surface area contributed by atoms with Crippen molar-refractivity contribution in [3.05, 3.63) is 28.2 Å². The van der Waals surface area contributed by atoms with Crippen molar-refractivity contribution in [2.75, 3.05) is 0 Å². The Morgan fingerprint density at radius 2 is 2.17 bits per heavy atom. The van der Waals surface area contributed by atoms with Gasteiger partial charge in [-0.3, -0.25) is 0 Å². The van der Waals surface area contributed by atoms with Gasteiger partial charge in [0.15, 0.2) is 6.10 Å². The lowest BCUT2D eigenvalue weighted by molar-refractivity contribution is -0.164. The zero-order chi connectivity index (χ0) is 13.3. The van der Waals surface area contributed by atoms with Crippen LogP contribution in [0.2, 0.25) is 0 Å². The van der Waals surface area contributed by atoms with Crippen molar-refractivity contribution in [2.24, 2.45) is 0 Å². The van der Waals surface area contributed by atoms with Crippen LogP contribution in [0.3, 0.4) is 0 Å². The number of carbonyl (C=O) groups is 1. The molecule has 2 rings (SSSR count). The molecule has 4 heteroatoms. The van der Waals surface area contributed by atoms with Gasteiger partial charge in [-0.1, -0.05) is 15.9 Å². The molecule has 0 N–H and O–H groups in total. The highest BCUT2D eigenvalue weighted by Gasteiger charge is 2.30. The Balaban J connectivity index is 2.08. The maximum atomic E-state index is 11.9. The Morgan fingerprint density at radius 1 is 1.44 bits per heavy atom.